The van der Waals surface area contributed by atoms with E-state index in [1.54, 1.807) is 60.7 Å². The fourth-order valence-corrected chi connectivity index (χ4v) is 4.76. The van der Waals surface area contributed by atoms with E-state index in [0.29, 0.717) is 28.4 Å². The number of benzene rings is 3. The molecule has 0 bridgehead atoms. The monoisotopic (exact) mass is 570 g/mol. The molecule has 3 N–H and O–H groups in total. The molecular formula is C28H31ClN4O5S. The number of hydrogen-bond donors (Lipinski definition) is 3. The van der Waals surface area contributed by atoms with E-state index in [0.717, 1.165) is 5.56 Å². The summed E-state index contributed by atoms with van der Waals surface area (Å²) in [5.41, 5.74) is 4.61. The van der Waals surface area contributed by atoms with Crippen LogP contribution in [0.1, 0.15) is 31.4 Å². The van der Waals surface area contributed by atoms with Gasteiger partial charge in [-0.3, -0.25) is 9.59 Å². The number of amides is 2. The fourth-order valence-electron chi connectivity index (χ4n) is 3.43. The van der Waals surface area contributed by atoms with E-state index < -0.39 is 22.0 Å². The summed E-state index contributed by atoms with van der Waals surface area (Å²) in [5.74, 6) is -0.349. The van der Waals surface area contributed by atoms with Gasteiger partial charge in [-0.25, -0.2) is 13.8 Å². The van der Waals surface area contributed by atoms with Crippen LogP contribution in [0.15, 0.2) is 82.8 Å². The van der Waals surface area contributed by atoms with Crippen molar-refractivity contribution in [2.75, 3.05) is 11.9 Å². The van der Waals surface area contributed by atoms with Gasteiger partial charge in [-0.05, 0) is 85.5 Å². The summed E-state index contributed by atoms with van der Waals surface area (Å²) in [5, 5.41) is 7.25. The Hall–Kier alpha value is -3.73. The summed E-state index contributed by atoms with van der Waals surface area (Å²) >= 11 is 5.84. The highest BCUT2D eigenvalue weighted by atomic mass is 35.5. The summed E-state index contributed by atoms with van der Waals surface area (Å²) in [6.45, 7) is 5.48. The molecule has 3 aromatic rings. The average molecular weight is 571 g/mol. The first-order valence-electron chi connectivity index (χ1n) is 12.2. The lowest BCUT2D eigenvalue weighted by molar-refractivity contribution is -0.123. The van der Waals surface area contributed by atoms with Crippen LogP contribution in [0.5, 0.6) is 5.75 Å². The van der Waals surface area contributed by atoms with Crippen molar-refractivity contribution in [1.29, 1.82) is 0 Å². The first-order valence-corrected chi connectivity index (χ1v) is 14.1. The number of nitrogens with zero attached hydrogens (tertiary/aromatic N) is 1. The Morgan fingerprint density at radius 1 is 0.974 bits per heavy atom. The number of aryl methyl sites for hydroxylation is 1. The van der Waals surface area contributed by atoms with E-state index in [1.807, 2.05) is 20.8 Å². The van der Waals surface area contributed by atoms with Crippen molar-refractivity contribution in [2.45, 2.75) is 38.1 Å². The number of carbonyl (C=O) groups is 2. The van der Waals surface area contributed by atoms with Crippen LogP contribution >= 0.6 is 11.6 Å². The van der Waals surface area contributed by atoms with Crippen molar-refractivity contribution in [1.82, 2.24) is 10.1 Å². The molecular weight excluding hydrogens is 540 g/mol. The molecule has 0 saturated heterocycles. The van der Waals surface area contributed by atoms with Crippen LogP contribution in [0.4, 0.5) is 5.69 Å². The van der Waals surface area contributed by atoms with Gasteiger partial charge in [-0.15, -0.1) is 0 Å². The number of rotatable bonds is 12. The highest BCUT2D eigenvalue weighted by Gasteiger charge is 2.26. The Bertz CT molecular complexity index is 1390. The third-order valence-electron chi connectivity index (χ3n) is 5.42. The minimum atomic E-state index is -3.89. The molecule has 9 nitrogen and oxygen atoms in total. The largest absolute Gasteiger partial charge is 0.484 e. The second kappa shape index (κ2) is 13.9. The highest BCUT2D eigenvalue weighted by Crippen LogP contribution is 2.15. The second-order valence-electron chi connectivity index (χ2n) is 9.26. The number of hydrazone groups is 1. The molecule has 0 aliphatic heterocycles. The number of anilines is 1. The smallest absolute Gasteiger partial charge is 0.262 e. The van der Waals surface area contributed by atoms with Crippen molar-refractivity contribution in [3.05, 3.63) is 88.9 Å². The molecule has 0 aliphatic rings. The van der Waals surface area contributed by atoms with Gasteiger partial charge in [0.25, 0.3) is 11.8 Å². The third kappa shape index (κ3) is 9.82. The van der Waals surface area contributed by atoms with Crippen LogP contribution in [-0.2, 0) is 19.6 Å². The van der Waals surface area contributed by atoms with Crippen molar-refractivity contribution >= 4 is 45.3 Å². The Morgan fingerprint density at radius 2 is 1.62 bits per heavy atom. The average Bonchev–Trinajstić information content (AvgIpc) is 2.89. The molecule has 1 atom stereocenters. The van der Waals surface area contributed by atoms with Crippen LogP contribution < -0.4 is 20.2 Å². The Balaban J connectivity index is 1.53. The summed E-state index contributed by atoms with van der Waals surface area (Å²) in [4.78, 5) is 24.9. The van der Waals surface area contributed by atoms with E-state index in [1.165, 1.54) is 18.3 Å². The summed E-state index contributed by atoms with van der Waals surface area (Å²) in [6.07, 6.45) is 1.72. The predicted octanol–water partition coefficient (Wildman–Crippen LogP) is 4.51. The Labute approximate surface area is 233 Å². The normalized spacial score (nSPS) is 12.3. The summed E-state index contributed by atoms with van der Waals surface area (Å²) < 4.78 is 33.6. The van der Waals surface area contributed by atoms with Crippen molar-refractivity contribution in [3.8, 4) is 5.75 Å². The Kier molecular flexibility index (Phi) is 10.6. The quantitative estimate of drug-likeness (QED) is 0.218. The predicted molar refractivity (Wildman–Crippen MR) is 152 cm³/mol. The molecule has 0 fully saturated rings. The van der Waals surface area contributed by atoms with E-state index in [-0.39, 0.29) is 23.3 Å². The maximum atomic E-state index is 12.8. The van der Waals surface area contributed by atoms with Gasteiger partial charge in [0.05, 0.1) is 11.1 Å². The number of hydrogen-bond acceptors (Lipinski definition) is 6. The third-order valence-corrected chi connectivity index (χ3v) is 7.16. The van der Waals surface area contributed by atoms with Gasteiger partial charge >= 0.3 is 0 Å². The zero-order valence-electron chi connectivity index (χ0n) is 21.8. The molecule has 0 radical (unpaired) electrons. The van der Waals surface area contributed by atoms with Crippen LogP contribution in [0.2, 0.25) is 5.02 Å². The Morgan fingerprint density at radius 3 is 2.23 bits per heavy atom. The van der Waals surface area contributed by atoms with Gasteiger partial charge in [-0.2, -0.15) is 9.82 Å². The van der Waals surface area contributed by atoms with Crippen LogP contribution in [-0.4, -0.2) is 39.1 Å². The van der Waals surface area contributed by atoms with Gasteiger partial charge in [0.15, 0.2) is 6.61 Å². The molecule has 0 spiro atoms. The maximum Gasteiger partial charge on any atom is 0.262 e. The molecule has 3 rings (SSSR count). The first-order chi connectivity index (χ1) is 18.5. The molecule has 0 aromatic heterocycles. The van der Waals surface area contributed by atoms with Gasteiger partial charge < -0.3 is 10.1 Å². The van der Waals surface area contributed by atoms with E-state index >= 15 is 0 Å². The maximum absolute atomic E-state index is 12.8. The number of nitrogens with one attached hydrogen (secondary N) is 3. The molecule has 206 valence electrons. The van der Waals surface area contributed by atoms with Gasteiger partial charge in [0.1, 0.15) is 11.8 Å². The van der Waals surface area contributed by atoms with Gasteiger partial charge in [0.2, 0.25) is 10.0 Å². The minimum absolute atomic E-state index is 0.0614. The summed E-state index contributed by atoms with van der Waals surface area (Å²) in [7, 11) is -3.89. The molecule has 39 heavy (non-hydrogen) atoms. The second-order valence-corrected chi connectivity index (χ2v) is 11.4. The fraction of sp³-hybridized carbons (Fsp3) is 0.250. The number of halogens is 1. The van der Waals surface area contributed by atoms with Gasteiger partial charge in [-0.1, -0.05) is 43.1 Å². The van der Waals surface area contributed by atoms with Crippen LogP contribution in [0.3, 0.4) is 0 Å². The number of ether oxygens (including phenoxy) is 1. The zero-order valence-corrected chi connectivity index (χ0v) is 23.4. The molecule has 0 heterocycles. The molecule has 3 aromatic carbocycles. The summed E-state index contributed by atoms with van der Waals surface area (Å²) in [6, 6.07) is 18.9. The molecule has 0 unspecified atom stereocenters. The van der Waals surface area contributed by atoms with E-state index in [2.05, 4.69) is 20.6 Å². The highest BCUT2D eigenvalue weighted by molar-refractivity contribution is 7.89. The van der Waals surface area contributed by atoms with Crippen LogP contribution in [0, 0.1) is 12.8 Å². The minimum Gasteiger partial charge on any atom is -0.484 e. The van der Waals surface area contributed by atoms with Crippen molar-refractivity contribution in [3.63, 3.8) is 0 Å². The van der Waals surface area contributed by atoms with Crippen molar-refractivity contribution < 1.29 is 22.7 Å². The molecule has 11 heteroatoms. The SMILES string of the molecule is Cc1ccc(S(=O)(=O)N[C@H](CC(C)C)C(=O)N/N=C\c2ccc(OCC(=O)Nc3ccc(Cl)cc3)cc2)cc1. The molecule has 0 saturated carbocycles. The zero-order chi connectivity index (χ0) is 28.4. The van der Waals surface area contributed by atoms with Gasteiger partial charge in [0, 0.05) is 10.7 Å². The number of sulfonamides is 1. The van der Waals surface area contributed by atoms with Crippen LogP contribution in [0.25, 0.3) is 0 Å². The molecule has 0 aliphatic carbocycles. The lowest BCUT2D eigenvalue weighted by atomic mass is 10.0. The lowest BCUT2D eigenvalue weighted by Gasteiger charge is -2.19. The standard InChI is InChI=1S/C28H31ClN4O5S/c1-19(2)16-26(33-39(36,37)25-14-4-20(3)5-15-25)28(35)32-30-17-21-6-12-24(13-7-21)38-18-27(34)31-23-10-8-22(29)9-11-23/h4-15,17,19,26,33H,16,18H2,1-3H3,(H,31,34)(H,32,35)/b30-17-/t26-/m1/s1. The topological polar surface area (TPSA) is 126 Å². The lowest BCUT2D eigenvalue weighted by Crippen LogP contribution is -2.46. The first kappa shape index (κ1) is 29.8. The van der Waals surface area contributed by atoms with E-state index in [4.69, 9.17) is 16.3 Å². The van der Waals surface area contributed by atoms with Crippen molar-refractivity contribution in [2.24, 2.45) is 11.0 Å². The van der Waals surface area contributed by atoms with E-state index in [9.17, 15) is 18.0 Å². The molecule has 2 amide bonds. The number of carbonyl (C=O) groups excluding carboxylic acids is 2.